The molecule has 0 aromatic heterocycles. The van der Waals surface area contributed by atoms with Gasteiger partial charge in [-0.15, -0.1) is 0 Å². The molecule has 0 atom stereocenters. The Labute approximate surface area is 193 Å². The molecule has 3 aromatic rings. The maximum atomic E-state index is 13.4. The zero-order valence-electron chi connectivity index (χ0n) is 18.1. The van der Waals surface area contributed by atoms with Crippen molar-refractivity contribution >= 4 is 27.3 Å². The van der Waals surface area contributed by atoms with E-state index in [9.17, 15) is 18.3 Å². The Morgan fingerprint density at radius 1 is 0.788 bits per heavy atom. The first-order valence-electron chi connectivity index (χ1n) is 11.0. The molecule has 1 amide bonds. The molecule has 0 unspecified atom stereocenters. The van der Waals surface area contributed by atoms with Gasteiger partial charge in [0, 0.05) is 38.3 Å². The fourth-order valence-corrected chi connectivity index (χ4v) is 6.09. The lowest BCUT2D eigenvalue weighted by Crippen LogP contribution is -2.48. The summed E-state index contributed by atoms with van der Waals surface area (Å²) in [5, 5.41) is 10.1. The highest BCUT2D eigenvalue weighted by Crippen LogP contribution is 2.33. The lowest BCUT2D eigenvalue weighted by molar-refractivity contribution is 0.0746. The van der Waals surface area contributed by atoms with Crippen LogP contribution >= 0.6 is 0 Å². The molecule has 2 heterocycles. The number of para-hydroxylation sites is 3. The molecule has 0 saturated carbocycles. The molecular formula is C25H25N3O4S. The predicted molar refractivity (Wildman–Crippen MR) is 127 cm³/mol. The largest absolute Gasteiger partial charge is 0.506 e. The Morgan fingerprint density at radius 2 is 1.48 bits per heavy atom. The summed E-state index contributed by atoms with van der Waals surface area (Å²) in [6.45, 7) is 2.55. The molecule has 1 N–H and O–H groups in total. The van der Waals surface area contributed by atoms with Crippen molar-refractivity contribution in [2.24, 2.45) is 0 Å². The Morgan fingerprint density at radius 3 is 2.24 bits per heavy atom. The van der Waals surface area contributed by atoms with E-state index in [0.717, 1.165) is 11.3 Å². The second-order valence-electron chi connectivity index (χ2n) is 8.25. The zero-order chi connectivity index (χ0) is 23.0. The molecule has 0 bridgehead atoms. The van der Waals surface area contributed by atoms with Crippen molar-refractivity contribution in [1.29, 1.82) is 0 Å². The van der Waals surface area contributed by atoms with Crippen LogP contribution in [0.5, 0.6) is 5.75 Å². The number of carbonyl (C=O) groups is 1. The Balaban J connectivity index is 1.33. The molecule has 2 aliphatic heterocycles. The first-order chi connectivity index (χ1) is 15.9. The second-order valence-corrected chi connectivity index (χ2v) is 10.1. The minimum absolute atomic E-state index is 0.123. The minimum Gasteiger partial charge on any atom is -0.506 e. The summed E-state index contributed by atoms with van der Waals surface area (Å²) in [5.41, 5.74) is 2.83. The van der Waals surface area contributed by atoms with Crippen molar-refractivity contribution in [2.75, 3.05) is 41.9 Å². The average molecular weight is 464 g/mol. The maximum Gasteiger partial charge on any atom is 0.264 e. The lowest BCUT2D eigenvalue weighted by atomic mass is 10.1. The summed E-state index contributed by atoms with van der Waals surface area (Å²) in [7, 11) is -3.76. The van der Waals surface area contributed by atoms with Gasteiger partial charge in [-0.25, -0.2) is 8.42 Å². The molecule has 7 nitrogen and oxygen atoms in total. The Hall–Kier alpha value is -3.52. The van der Waals surface area contributed by atoms with E-state index >= 15 is 0 Å². The summed E-state index contributed by atoms with van der Waals surface area (Å²) < 4.78 is 28.1. The number of aromatic hydroxyl groups is 1. The van der Waals surface area contributed by atoms with Crippen molar-refractivity contribution in [1.82, 2.24) is 4.90 Å². The highest BCUT2D eigenvalue weighted by atomic mass is 32.2. The van der Waals surface area contributed by atoms with Crippen molar-refractivity contribution < 1.29 is 18.3 Å². The number of sulfonamides is 1. The molecule has 0 aliphatic carbocycles. The van der Waals surface area contributed by atoms with Gasteiger partial charge in [0.25, 0.3) is 15.9 Å². The number of benzene rings is 3. The number of piperazine rings is 1. The van der Waals surface area contributed by atoms with E-state index in [1.54, 1.807) is 35.2 Å². The van der Waals surface area contributed by atoms with Gasteiger partial charge in [-0.2, -0.15) is 0 Å². The van der Waals surface area contributed by atoms with Crippen LogP contribution in [0, 0.1) is 0 Å². The number of carbonyl (C=O) groups excluding carboxylic acids is 1. The summed E-state index contributed by atoms with van der Waals surface area (Å²) >= 11 is 0. The topological polar surface area (TPSA) is 81.2 Å². The predicted octanol–water partition coefficient (Wildman–Crippen LogP) is 3.11. The van der Waals surface area contributed by atoms with Gasteiger partial charge < -0.3 is 14.9 Å². The van der Waals surface area contributed by atoms with E-state index in [0.29, 0.717) is 50.4 Å². The minimum atomic E-state index is -3.76. The van der Waals surface area contributed by atoms with Gasteiger partial charge in [0.2, 0.25) is 0 Å². The number of amides is 1. The highest BCUT2D eigenvalue weighted by molar-refractivity contribution is 7.92. The third-order valence-corrected chi connectivity index (χ3v) is 8.11. The molecule has 0 radical (unpaired) electrons. The number of hydrogen-bond acceptors (Lipinski definition) is 5. The second kappa shape index (κ2) is 8.44. The van der Waals surface area contributed by atoms with Gasteiger partial charge in [-0.3, -0.25) is 9.10 Å². The average Bonchev–Trinajstić information content (AvgIpc) is 3.29. The summed E-state index contributed by atoms with van der Waals surface area (Å²) in [4.78, 5) is 17.1. The number of phenols is 1. The molecule has 33 heavy (non-hydrogen) atoms. The molecule has 0 spiro atoms. The van der Waals surface area contributed by atoms with Gasteiger partial charge in [0.05, 0.1) is 16.3 Å². The number of hydrogen-bond donors (Lipinski definition) is 1. The molecule has 8 heteroatoms. The summed E-state index contributed by atoms with van der Waals surface area (Å²) in [6, 6.07) is 21.0. The molecular weight excluding hydrogens is 438 g/mol. The molecule has 1 saturated heterocycles. The quantitative estimate of drug-likeness (QED) is 0.643. The van der Waals surface area contributed by atoms with E-state index in [1.165, 1.54) is 10.4 Å². The zero-order valence-corrected chi connectivity index (χ0v) is 18.9. The maximum absolute atomic E-state index is 13.4. The van der Waals surface area contributed by atoms with E-state index in [-0.39, 0.29) is 16.6 Å². The highest BCUT2D eigenvalue weighted by Gasteiger charge is 2.31. The smallest absolute Gasteiger partial charge is 0.264 e. The fraction of sp³-hybridized carbons (Fsp3) is 0.240. The standard InChI is InChI=1S/C25H25N3O4S/c29-24-11-4-3-10-23(24)26-14-16-27(17-15-26)25(30)20-7-5-8-21(18-20)33(31,32)28-13-12-19-6-1-2-9-22(19)28/h1-11,18,29H,12-17H2. The van der Waals surface area contributed by atoms with Crippen molar-refractivity contribution in [2.45, 2.75) is 11.3 Å². The van der Waals surface area contributed by atoms with Crippen LogP contribution in [0.25, 0.3) is 0 Å². The van der Waals surface area contributed by atoms with Gasteiger partial charge in [0.1, 0.15) is 5.75 Å². The number of nitrogens with zero attached hydrogens (tertiary/aromatic N) is 3. The summed E-state index contributed by atoms with van der Waals surface area (Å²) in [6.07, 6.45) is 0.676. The van der Waals surface area contributed by atoms with Gasteiger partial charge in [-0.05, 0) is 48.4 Å². The number of phenolic OH excluding ortho intramolecular Hbond substituents is 1. The van der Waals surface area contributed by atoms with Gasteiger partial charge >= 0.3 is 0 Å². The van der Waals surface area contributed by atoms with Crippen LogP contribution in [-0.2, 0) is 16.4 Å². The molecule has 170 valence electrons. The SMILES string of the molecule is O=C(c1cccc(S(=O)(=O)N2CCc3ccccc32)c1)N1CCN(c2ccccc2O)CC1. The summed E-state index contributed by atoms with van der Waals surface area (Å²) in [5.74, 6) is 0.0319. The first kappa shape index (κ1) is 21.3. The lowest BCUT2D eigenvalue weighted by Gasteiger charge is -2.36. The van der Waals surface area contributed by atoms with Crippen LogP contribution < -0.4 is 9.21 Å². The van der Waals surface area contributed by atoms with Crippen LogP contribution in [0.2, 0.25) is 0 Å². The van der Waals surface area contributed by atoms with Crippen molar-refractivity contribution in [3.05, 3.63) is 83.9 Å². The Bertz CT molecular complexity index is 1300. The van der Waals surface area contributed by atoms with Crippen LogP contribution in [0.3, 0.4) is 0 Å². The monoisotopic (exact) mass is 463 g/mol. The molecule has 2 aliphatic rings. The van der Waals surface area contributed by atoms with E-state index in [1.807, 2.05) is 41.3 Å². The third-order valence-electron chi connectivity index (χ3n) is 6.30. The van der Waals surface area contributed by atoms with Crippen molar-refractivity contribution in [3.8, 4) is 5.75 Å². The van der Waals surface area contributed by atoms with Crippen LogP contribution in [0.1, 0.15) is 15.9 Å². The van der Waals surface area contributed by atoms with Gasteiger partial charge in [-0.1, -0.05) is 36.4 Å². The fourth-order valence-electron chi connectivity index (χ4n) is 4.54. The van der Waals surface area contributed by atoms with Crippen molar-refractivity contribution in [3.63, 3.8) is 0 Å². The molecule has 3 aromatic carbocycles. The Kier molecular flexibility index (Phi) is 5.46. The van der Waals surface area contributed by atoms with Crippen LogP contribution in [0.4, 0.5) is 11.4 Å². The third kappa shape index (κ3) is 3.91. The van der Waals surface area contributed by atoms with Crippen LogP contribution in [-0.4, -0.2) is 57.1 Å². The van der Waals surface area contributed by atoms with E-state index in [2.05, 4.69) is 0 Å². The molecule has 5 rings (SSSR count). The molecule has 1 fully saturated rings. The number of rotatable bonds is 4. The number of anilines is 2. The van der Waals surface area contributed by atoms with Crippen LogP contribution in [0.15, 0.2) is 77.7 Å². The van der Waals surface area contributed by atoms with Gasteiger partial charge in [0.15, 0.2) is 0 Å². The van der Waals surface area contributed by atoms with E-state index in [4.69, 9.17) is 0 Å². The number of fused-ring (bicyclic) bond motifs is 1. The van der Waals surface area contributed by atoms with E-state index < -0.39 is 10.0 Å². The normalized spacial score (nSPS) is 16.1. The first-order valence-corrected chi connectivity index (χ1v) is 12.4.